The number of rotatable bonds is 3. The molecule has 0 fully saturated rings. The minimum Gasteiger partial charge on any atom is -0.368 e. The minimum absolute atomic E-state index is 0.103. The molecule has 1 unspecified atom stereocenters. The van der Waals surface area contributed by atoms with Crippen LogP contribution in [0.1, 0.15) is 6.92 Å². The highest BCUT2D eigenvalue weighted by molar-refractivity contribution is 7.12. The van der Waals surface area contributed by atoms with Crippen molar-refractivity contribution in [1.29, 1.82) is 0 Å². The van der Waals surface area contributed by atoms with E-state index in [2.05, 4.69) is 19.7 Å². The lowest BCUT2D eigenvalue weighted by Gasteiger charge is -2.07. The molecule has 74 valence electrons. The van der Waals surface area contributed by atoms with Crippen LogP contribution in [-0.2, 0) is 0 Å². The minimum atomic E-state index is 0.103. The summed E-state index contributed by atoms with van der Waals surface area (Å²) >= 11 is 1.36. The van der Waals surface area contributed by atoms with E-state index in [0.717, 1.165) is 16.0 Å². The Morgan fingerprint density at radius 2 is 2.43 bits per heavy atom. The van der Waals surface area contributed by atoms with Gasteiger partial charge in [0, 0.05) is 12.6 Å². The molecule has 0 spiro atoms. The summed E-state index contributed by atoms with van der Waals surface area (Å²) in [4.78, 5) is 9.14. The van der Waals surface area contributed by atoms with Crippen LogP contribution in [0.3, 0.4) is 0 Å². The first kappa shape index (κ1) is 9.29. The standard InChI is InChI=1S/C8H11N5S/c1-5(9)2-10-7-6-3-13-14-8(6)12-4-11-7/h3-5H,2,9H2,1H3,(H,10,11,12). The lowest BCUT2D eigenvalue weighted by atomic mass is 10.3. The number of hydrogen-bond donors (Lipinski definition) is 2. The summed E-state index contributed by atoms with van der Waals surface area (Å²) in [5.41, 5.74) is 5.64. The molecule has 2 aromatic heterocycles. The van der Waals surface area contributed by atoms with Gasteiger partial charge in [-0.25, -0.2) is 9.97 Å². The Morgan fingerprint density at radius 3 is 3.21 bits per heavy atom. The van der Waals surface area contributed by atoms with Crippen molar-refractivity contribution in [3.63, 3.8) is 0 Å². The van der Waals surface area contributed by atoms with Gasteiger partial charge in [-0.3, -0.25) is 0 Å². The number of nitrogens with zero attached hydrogens (tertiary/aromatic N) is 3. The van der Waals surface area contributed by atoms with Gasteiger partial charge in [-0.15, -0.1) is 0 Å². The first-order valence-corrected chi connectivity index (χ1v) is 5.09. The van der Waals surface area contributed by atoms with Crippen LogP contribution in [0, 0.1) is 0 Å². The fraction of sp³-hybridized carbons (Fsp3) is 0.375. The van der Waals surface area contributed by atoms with Crippen molar-refractivity contribution in [2.75, 3.05) is 11.9 Å². The molecular weight excluding hydrogens is 198 g/mol. The van der Waals surface area contributed by atoms with Crippen LogP contribution in [0.4, 0.5) is 5.82 Å². The maximum absolute atomic E-state index is 5.64. The second-order valence-corrected chi connectivity index (χ2v) is 3.91. The zero-order valence-corrected chi connectivity index (χ0v) is 8.58. The van der Waals surface area contributed by atoms with Gasteiger partial charge in [-0.2, -0.15) is 4.37 Å². The molecular formula is C8H11N5S. The molecule has 0 radical (unpaired) electrons. The molecule has 0 bridgehead atoms. The smallest absolute Gasteiger partial charge is 0.148 e. The lowest BCUT2D eigenvalue weighted by molar-refractivity contribution is 0.778. The van der Waals surface area contributed by atoms with Crippen LogP contribution in [0.25, 0.3) is 10.2 Å². The van der Waals surface area contributed by atoms with Gasteiger partial charge in [0.15, 0.2) is 0 Å². The van der Waals surface area contributed by atoms with Crippen LogP contribution >= 0.6 is 11.5 Å². The molecule has 0 aliphatic rings. The number of hydrogen-bond acceptors (Lipinski definition) is 6. The highest BCUT2D eigenvalue weighted by atomic mass is 32.1. The first-order valence-electron chi connectivity index (χ1n) is 4.32. The van der Waals surface area contributed by atoms with Crippen LogP contribution in [0.2, 0.25) is 0 Å². The Balaban J connectivity index is 2.27. The summed E-state index contributed by atoms with van der Waals surface area (Å²) in [7, 11) is 0. The highest BCUT2D eigenvalue weighted by Gasteiger charge is 2.05. The van der Waals surface area contributed by atoms with E-state index in [-0.39, 0.29) is 6.04 Å². The third-order valence-electron chi connectivity index (χ3n) is 1.76. The van der Waals surface area contributed by atoms with Crippen molar-refractivity contribution in [2.24, 2.45) is 5.73 Å². The van der Waals surface area contributed by atoms with Crippen LogP contribution in [0.5, 0.6) is 0 Å². The fourth-order valence-corrected chi connectivity index (χ4v) is 1.70. The predicted molar refractivity (Wildman–Crippen MR) is 57.3 cm³/mol. The molecule has 14 heavy (non-hydrogen) atoms. The predicted octanol–water partition coefficient (Wildman–Crippen LogP) is 0.845. The zero-order chi connectivity index (χ0) is 9.97. The molecule has 0 aromatic carbocycles. The Kier molecular flexibility index (Phi) is 2.55. The summed E-state index contributed by atoms with van der Waals surface area (Å²) in [5.74, 6) is 0.807. The SMILES string of the molecule is CC(N)CNc1ncnc2sncc12. The largest absolute Gasteiger partial charge is 0.368 e. The summed E-state index contributed by atoms with van der Waals surface area (Å²) in [6, 6.07) is 0.103. The van der Waals surface area contributed by atoms with Crippen molar-refractivity contribution >= 4 is 27.6 Å². The van der Waals surface area contributed by atoms with E-state index in [1.165, 1.54) is 17.9 Å². The maximum atomic E-state index is 5.64. The molecule has 6 heteroatoms. The van der Waals surface area contributed by atoms with Crippen molar-refractivity contribution < 1.29 is 0 Å². The third kappa shape index (κ3) is 1.80. The topological polar surface area (TPSA) is 76.7 Å². The molecule has 0 saturated carbocycles. The first-order chi connectivity index (χ1) is 6.77. The Bertz CT molecular complexity index is 424. The Morgan fingerprint density at radius 1 is 1.57 bits per heavy atom. The van der Waals surface area contributed by atoms with E-state index in [4.69, 9.17) is 5.73 Å². The van der Waals surface area contributed by atoms with E-state index >= 15 is 0 Å². The van der Waals surface area contributed by atoms with Crippen LogP contribution < -0.4 is 11.1 Å². The summed E-state index contributed by atoms with van der Waals surface area (Å²) in [6.45, 7) is 2.64. The number of fused-ring (bicyclic) bond motifs is 1. The van der Waals surface area contributed by atoms with Crippen molar-refractivity contribution in [3.8, 4) is 0 Å². The summed E-state index contributed by atoms with van der Waals surface area (Å²) in [6.07, 6.45) is 3.30. The number of anilines is 1. The Hall–Kier alpha value is -1.27. The monoisotopic (exact) mass is 209 g/mol. The zero-order valence-electron chi connectivity index (χ0n) is 7.77. The molecule has 0 saturated heterocycles. The van der Waals surface area contributed by atoms with E-state index in [1.807, 2.05) is 6.92 Å². The molecule has 2 rings (SSSR count). The molecule has 2 heterocycles. The lowest BCUT2D eigenvalue weighted by Crippen LogP contribution is -2.25. The van der Waals surface area contributed by atoms with Crippen LogP contribution in [0.15, 0.2) is 12.5 Å². The van der Waals surface area contributed by atoms with Gasteiger partial charge >= 0.3 is 0 Å². The van der Waals surface area contributed by atoms with E-state index in [1.54, 1.807) is 6.20 Å². The van der Waals surface area contributed by atoms with Gasteiger partial charge in [0.1, 0.15) is 17.0 Å². The normalized spacial score (nSPS) is 13.0. The van der Waals surface area contributed by atoms with Gasteiger partial charge < -0.3 is 11.1 Å². The van der Waals surface area contributed by atoms with E-state index in [0.29, 0.717) is 6.54 Å². The number of nitrogens with two attached hydrogens (primary N) is 1. The van der Waals surface area contributed by atoms with E-state index in [9.17, 15) is 0 Å². The van der Waals surface area contributed by atoms with Gasteiger partial charge in [0.05, 0.1) is 11.6 Å². The molecule has 3 N–H and O–H groups in total. The number of nitrogens with one attached hydrogen (secondary N) is 1. The average Bonchev–Trinajstić information content (AvgIpc) is 2.62. The van der Waals surface area contributed by atoms with Gasteiger partial charge in [-0.05, 0) is 18.5 Å². The molecule has 0 amide bonds. The van der Waals surface area contributed by atoms with Gasteiger partial charge in [-0.1, -0.05) is 0 Å². The fourth-order valence-electron chi connectivity index (χ4n) is 1.10. The molecule has 1 atom stereocenters. The van der Waals surface area contributed by atoms with Gasteiger partial charge in [0.2, 0.25) is 0 Å². The Labute approximate surface area is 85.5 Å². The molecule has 5 nitrogen and oxygen atoms in total. The molecule has 0 aliphatic heterocycles. The second-order valence-electron chi connectivity index (χ2n) is 3.13. The van der Waals surface area contributed by atoms with E-state index < -0.39 is 0 Å². The molecule has 0 aliphatic carbocycles. The second kappa shape index (κ2) is 3.85. The third-order valence-corrected chi connectivity index (χ3v) is 2.47. The van der Waals surface area contributed by atoms with Crippen LogP contribution in [-0.4, -0.2) is 26.9 Å². The van der Waals surface area contributed by atoms with Crippen molar-refractivity contribution in [1.82, 2.24) is 14.3 Å². The van der Waals surface area contributed by atoms with Crippen molar-refractivity contribution in [3.05, 3.63) is 12.5 Å². The average molecular weight is 209 g/mol. The summed E-state index contributed by atoms with van der Waals surface area (Å²) < 4.78 is 4.06. The summed E-state index contributed by atoms with van der Waals surface area (Å²) in [5, 5.41) is 4.12. The molecule has 2 aromatic rings. The maximum Gasteiger partial charge on any atom is 0.148 e. The van der Waals surface area contributed by atoms with Crippen molar-refractivity contribution in [2.45, 2.75) is 13.0 Å². The highest BCUT2D eigenvalue weighted by Crippen LogP contribution is 2.20. The van der Waals surface area contributed by atoms with Gasteiger partial charge in [0.25, 0.3) is 0 Å². The number of aromatic nitrogens is 3. The quantitative estimate of drug-likeness (QED) is 0.783.